The Morgan fingerprint density at radius 1 is 1.39 bits per heavy atom. The molecule has 1 amide bonds. The lowest BCUT2D eigenvalue weighted by molar-refractivity contribution is -0.135. The number of nitrogens with two attached hydrogens (primary N) is 1. The highest BCUT2D eigenvalue weighted by atomic mass is 16.5. The van der Waals surface area contributed by atoms with Gasteiger partial charge in [-0.2, -0.15) is 0 Å². The summed E-state index contributed by atoms with van der Waals surface area (Å²) in [6, 6.07) is 0. The lowest BCUT2D eigenvalue weighted by Gasteiger charge is -2.07. The maximum atomic E-state index is 11.5. The number of hydrogen-bond acceptors (Lipinski definition) is 4. The smallest absolute Gasteiger partial charge is 0.375 e. The standard InChI is InChI=1S/C12H21N3O3/c1-2-18-12(17)11(13)15-14-10(16)8-7-9-5-3-4-6-9/h9H,2-8H2,1H3,(H2,13,15)(H,14,16). The van der Waals surface area contributed by atoms with Crippen LogP contribution in [0.25, 0.3) is 0 Å². The molecule has 18 heavy (non-hydrogen) atoms. The van der Waals surface area contributed by atoms with Gasteiger partial charge in [-0.3, -0.25) is 4.79 Å². The van der Waals surface area contributed by atoms with Crippen LogP contribution in [0.5, 0.6) is 0 Å². The molecule has 0 aromatic carbocycles. The van der Waals surface area contributed by atoms with E-state index in [9.17, 15) is 9.59 Å². The molecule has 1 saturated carbocycles. The summed E-state index contributed by atoms with van der Waals surface area (Å²) in [6.45, 7) is 1.90. The fourth-order valence-corrected chi connectivity index (χ4v) is 2.06. The summed E-state index contributed by atoms with van der Waals surface area (Å²) in [5.74, 6) is -0.601. The molecule has 0 heterocycles. The molecule has 3 N–H and O–H groups in total. The number of nitrogens with zero attached hydrogens (tertiary/aromatic N) is 1. The summed E-state index contributed by atoms with van der Waals surface area (Å²) in [5, 5.41) is 3.51. The second-order valence-corrected chi connectivity index (χ2v) is 4.44. The number of esters is 1. The Morgan fingerprint density at radius 3 is 2.67 bits per heavy atom. The molecule has 0 unspecified atom stereocenters. The summed E-state index contributed by atoms with van der Waals surface area (Å²) >= 11 is 0. The Labute approximate surface area is 107 Å². The Kier molecular flexibility index (Phi) is 6.18. The molecule has 0 aromatic heterocycles. The van der Waals surface area contributed by atoms with Crippen LogP contribution < -0.4 is 11.2 Å². The van der Waals surface area contributed by atoms with Gasteiger partial charge in [0.15, 0.2) is 0 Å². The van der Waals surface area contributed by atoms with Crippen LogP contribution in [0.4, 0.5) is 0 Å². The van der Waals surface area contributed by atoms with Gasteiger partial charge in [-0.05, 0) is 19.3 Å². The zero-order chi connectivity index (χ0) is 13.4. The highest BCUT2D eigenvalue weighted by Gasteiger charge is 2.16. The van der Waals surface area contributed by atoms with Gasteiger partial charge in [0, 0.05) is 6.42 Å². The molecule has 102 valence electrons. The molecule has 0 saturated heterocycles. The van der Waals surface area contributed by atoms with Crippen LogP contribution in [0.2, 0.25) is 0 Å². The van der Waals surface area contributed by atoms with Crippen molar-refractivity contribution in [2.45, 2.75) is 45.4 Å². The van der Waals surface area contributed by atoms with Crippen molar-refractivity contribution in [2.75, 3.05) is 6.61 Å². The number of carbonyl (C=O) groups excluding carboxylic acids is 2. The number of ether oxygens (including phenoxy) is 1. The fraction of sp³-hybridized carbons (Fsp3) is 0.750. The van der Waals surface area contributed by atoms with Crippen molar-refractivity contribution in [3.05, 3.63) is 0 Å². The first-order valence-electron chi connectivity index (χ1n) is 6.42. The van der Waals surface area contributed by atoms with Crippen LogP contribution in [0.1, 0.15) is 45.4 Å². The normalized spacial score (nSPS) is 16.6. The van der Waals surface area contributed by atoms with E-state index < -0.39 is 5.97 Å². The number of hydrogen-bond donors (Lipinski definition) is 2. The predicted molar refractivity (Wildman–Crippen MR) is 67.6 cm³/mol. The van der Waals surface area contributed by atoms with Gasteiger partial charge < -0.3 is 10.5 Å². The summed E-state index contributed by atoms with van der Waals surface area (Å²) in [7, 11) is 0. The second-order valence-electron chi connectivity index (χ2n) is 4.44. The molecule has 0 bridgehead atoms. The zero-order valence-electron chi connectivity index (χ0n) is 10.8. The van der Waals surface area contributed by atoms with Crippen LogP contribution in [-0.4, -0.2) is 24.3 Å². The molecule has 1 fully saturated rings. The highest BCUT2D eigenvalue weighted by Crippen LogP contribution is 2.28. The minimum atomic E-state index is -0.714. The van der Waals surface area contributed by atoms with Crippen molar-refractivity contribution < 1.29 is 14.3 Å². The van der Waals surface area contributed by atoms with Gasteiger partial charge in [-0.1, -0.05) is 25.7 Å². The van der Waals surface area contributed by atoms with Crippen molar-refractivity contribution in [2.24, 2.45) is 16.8 Å². The van der Waals surface area contributed by atoms with Crippen LogP contribution >= 0.6 is 0 Å². The van der Waals surface area contributed by atoms with Gasteiger partial charge in [-0.15, -0.1) is 5.10 Å². The quantitative estimate of drug-likeness (QED) is 0.330. The van der Waals surface area contributed by atoms with Crippen molar-refractivity contribution in [1.29, 1.82) is 0 Å². The Morgan fingerprint density at radius 2 is 2.06 bits per heavy atom. The van der Waals surface area contributed by atoms with Crippen molar-refractivity contribution in [1.82, 2.24) is 5.43 Å². The molecule has 1 aliphatic rings. The van der Waals surface area contributed by atoms with Gasteiger partial charge in [0.05, 0.1) is 6.61 Å². The molecule has 0 atom stereocenters. The number of carbonyl (C=O) groups is 2. The van der Waals surface area contributed by atoms with E-state index >= 15 is 0 Å². The second kappa shape index (κ2) is 7.68. The molecule has 1 rings (SSSR count). The highest BCUT2D eigenvalue weighted by molar-refractivity contribution is 6.34. The molecule has 0 aromatic rings. The minimum absolute atomic E-state index is 0.214. The average Bonchev–Trinajstić information content (AvgIpc) is 2.86. The SMILES string of the molecule is CCOC(=O)C(N)=NNC(=O)CCC1CCCC1. The van der Waals surface area contributed by atoms with E-state index in [-0.39, 0.29) is 18.3 Å². The van der Waals surface area contributed by atoms with Gasteiger partial charge >= 0.3 is 5.97 Å². The number of amides is 1. The van der Waals surface area contributed by atoms with E-state index in [1.54, 1.807) is 6.92 Å². The topological polar surface area (TPSA) is 93.8 Å². The van der Waals surface area contributed by atoms with Gasteiger partial charge in [0.1, 0.15) is 0 Å². The number of hydrazone groups is 1. The first-order valence-corrected chi connectivity index (χ1v) is 6.42. The summed E-state index contributed by atoms with van der Waals surface area (Å²) in [5.41, 5.74) is 7.60. The molecule has 6 nitrogen and oxygen atoms in total. The number of amidine groups is 1. The van der Waals surface area contributed by atoms with E-state index in [1.165, 1.54) is 25.7 Å². The molecular formula is C12H21N3O3. The predicted octanol–water partition coefficient (Wildman–Crippen LogP) is 0.908. The molecular weight excluding hydrogens is 234 g/mol. The average molecular weight is 255 g/mol. The van der Waals surface area contributed by atoms with E-state index in [0.29, 0.717) is 12.3 Å². The Hall–Kier alpha value is -1.59. The van der Waals surface area contributed by atoms with Crippen LogP contribution in [-0.2, 0) is 14.3 Å². The third-order valence-electron chi connectivity index (χ3n) is 3.04. The summed E-state index contributed by atoms with van der Waals surface area (Å²) in [4.78, 5) is 22.6. The van der Waals surface area contributed by atoms with Crippen molar-refractivity contribution in [3.63, 3.8) is 0 Å². The minimum Gasteiger partial charge on any atom is -0.460 e. The van der Waals surface area contributed by atoms with E-state index in [1.807, 2.05) is 0 Å². The van der Waals surface area contributed by atoms with Gasteiger partial charge in [0.25, 0.3) is 0 Å². The number of rotatable bonds is 5. The van der Waals surface area contributed by atoms with Crippen LogP contribution in [0, 0.1) is 5.92 Å². The van der Waals surface area contributed by atoms with Crippen molar-refractivity contribution in [3.8, 4) is 0 Å². The molecule has 0 spiro atoms. The monoisotopic (exact) mass is 255 g/mol. The maximum absolute atomic E-state index is 11.5. The van der Waals surface area contributed by atoms with Crippen molar-refractivity contribution >= 4 is 17.7 Å². The Balaban J connectivity index is 2.22. The summed E-state index contributed by atoms with van der Waals surface area (Å²) in [6.07, 6.45) is 6.24. The van der Waals surface area contributed by atoms with E-state index in [2.05, 4.69) is 15.3 Å². The summed E-state index contributed by atoms with van der Waals surface area (Å²) < 4.78 is 4.63. The largest absolute Gasteiger partial charge is 0.460 e. The maximum Gasteiger partial charge on any atom is 0.375 e. The Bertz CT molecular complexity index is 323. The lowest BCUT2D eigenvalue weighted by atomic mass is 10.0. The first kappa shape index (κ1) is 14.5. The van der Waals surface area contributed by atoms with Crippen LogP contribution in [0.3, 0.4) is 0 Å². The van der Waals surface area contributed by atoms with Gasteiger partial charge in [0.2, 0.25) is 11.7 Å². The molecule has 1 aliphatic carbocycles. The number of nitrogens with one attached hydrogen (secondary N) is 1. The van der Waals surface area contributed by atoms with E-state index in [0.717, 1.165) is 6.42 Å². The molecule has 6 heteroatoms. The zero-order valence-corrected chi connectivity index (χ0v) is 10.8. The van der Waals surface area contributed by atoms with Gasteiger partial charge in [-0.25, -0.2) is 10.2 Å². The van der Waals surface area contributed by atoms with E-state index in [4.69, 9.17) is 5.73 Å². The third-order valence-corrected chi connectivity index (χ3v) is 3.04. The fourth-order valence-electron chi connectivity index (χ4n) is 2.06. The molecule has 0 radical (unpaired) electrons. The molecule has 0 aliphatic heterocycles. The first-order chi connectivity index (χ1) is 8.63. The van der Waals surface area contributed by atoms with Crippen LogP contribution in [0.15, 0.2) is 5.10 Å². The third kappa shape index (κ3) is 5.16. The lowest BCUT2D eigenvalue weighted by Crippen LogP contribution is -2.30.